The van der Waals surface area contributed by atoms with Crippen molar-refractivity contribution in [3.8, 4) is 0 Å². The molecular formula is C23H29N3O2. The quantitative estimate of drug-likeness (QED) is 0.601. The Hall–Kier alpha value is -2.50. The van der Waals surface area contributed by atoms with Crippen LogP contribution in [0.5, 0.6) is 0 Å². The van der Waals surface area contributed by atoms with Gasteiger partial charge in [0.05, 0.1) is 6.54 Å². The Bertz CT molecular complexity index is 859. The maximum atomic E-state index is 12.7. The van der Waals surface area contributed by atoms with Crippen LogP contribution >= 0.6 is 0 Å². The van der Waals surface area contributed by atoms with Crippen molar-refractivity contribution in [2.75, 3.05) is 0 Å². The molecule has 1 atom stereocenters. The first kappa shape index (κ1) is 20.2. The van der Waals surface area contributed by atoms with Crippen LogP contribution in [0.3, 0.4) is 0 Å². The largest absolute Gasteiger partial charge is 0.305 e. The lowest BCUT2D eigenvalue weighted by molar-refractivity contribution is -0.0652. The van der Waals surface area contributed by atoms with Gasteiger partial charge in [-0.2, -0.15) is 0 Å². The summed E-state index contributed by atoms with van der Waals surface area (Å²) in [7, 11) is 0. The van der Waals surface area contributed by atoms with E-state index < -0.39 is 5.91 Å². The van der Waals surface area contributed by atoms with E-state index in [1.54, 1.807) is 12.3 Å². The van der Waals surface area contributed by atoms with Crippen LogP contribution in [0, 0.1) is 5.92 Å². The van der Waals surface area contributed by atoms with Gasteiger partial charge in [-0.05, 0) is 55.0 Å². The van der Waals surface area contributed by atoms with Crippen molar-refractivity contribution < 1.29 is 10.0 Å². The first-order valence-electron chi connectivity index (χ1n) is 9.76. The zero-order valence-electron chi connectivity index (χ0n) is 17.0. The van der Waals surface area contributed by atoms with E-state index in [-0.39, 0.29) is 17.8 Å². The third-order valence-corrected chi connectivity index (χ3v) is 5.10. The van der Waals surface area contributed by atoms with Crippen LogP contribution in [0.1, 0.15) is 55.7 Å². The van der Waals surface area contributed by atoms with Crippen LogP contribution < -0.4 is 5.32 Å². The molecule has 0 bridgehead atoms. The predicted octanol–water partition coefficient (Wildman–Crippen LogP) is 4.29. The minimum atomic E-state index is -0.500. The lowest BCUT2D eigenvalue weighted by atomic mass is 9.83. The Labute approximate surface area is 167 Å². The average molecular weight is 380 g/mol. The zero-order valence-corrected chi connectivity index (χ0v) is 17.0. The second kappa shape index (κ2) is 8.25. The van der Waals surface area contributed by atoms with E-state index >= 15 is 0 Å². The number of pyridine rings is 1. The second-order valence-corrected chi connectivity index (χ2v) is 8.37. The van der Waals surface area contributed by atoms with Gasteiger partial charge in [0.25, 0.3) is 5.91 Å². The number of nitrogens with zero attached hydrogens (tertiary/aromatic N) is 2. The van der Waals surface area contributed by atoms with Crippen molar-refractivity contribution in [2.24, 2.45) is 5.92 Å². The molecule has 3 rings (SSSR count). The predicted molar refractivity (Wildman–Crippen MR) is 111 cm³/mol. The molecule has 2 heterocycles. The highest BCUT2D eigenvalue weighted by atomic mass is 16.5. The first-order chi connectivity index (χ1) is 13.2. The molecule has 1 aromatic heterocycles. The van der Waals surface area contributed by atoms with E-state index in [2.05, 4.69) is 44.1 Å². The van der Waals surface area contributed by atoms with Crippen molar-refractivity contribution in [3.05, 3.63) is 71.6 Å². The zero-order chi connectivity index (χ0) is 20.3. The Kier molecular flexibility index (Phi) is 5.96. The second-order valence-electron chi connectivity index (χ2n) is 8.37. The summed E-state index contributed by atoms with van der Waals surface area (Å²) in [5, 5.41) is 14.6. The third-order valence-electron chi connectivity index (χ3n) is 5.10. The number of carbonyl (C=O) groups is 1. The van der Waals surface area contributed by atoms with E-state index in [0.29, 0.717) is 12.0 Å². The summed E-state index contributed by atoms with van der Waals surface area (Å²) in [4.78, 5) is 16.9. The van der Waals surface area contributed by atoms with E-state index in [9.17, 15) is 10.0 Å². The maximum absolute atomic E-state index is 12.7. The molecule has 0 saturated heterocycles. The molecule has 0 spiro atoms. The molecule has 0 radical (unpaired) electrons. The summed E-state index contributed by atoms with van der Waals surface area (Å²) < 4.78 is 0. The average Bonchev–Trinajstić information content (AvgIpc) is 2.67. The van der Waals surface area contributed by atoms with E-state index in [1.165, 1.54) is 5.57 Å². The van der Waals surface area contributed by atoms with E-state index in [0.717, 1.165) is 22.6 Å². The molecule has 2 N–H and O–H groups in total. The van der Waals surface area contributed by atoms with Crippen LogP contribution in [-0.4, -0.2) is 32.7 Å². The Morgan fingerprint density at radius 1 is 1.29 bits per heavy atom. The highest BCUT2D eigenvalue weighted by molar-refractivity contribution is 5.92. The number of hydroxylamine groups is 2. The number of benzene rings is 1. The molecule has 5 heteroatoms. The van der Waals surface area contributed by atoms with Gasteiger partial charge in [-0.1, -0.05) is 50.3 Å². The van der Waals surface area contributed by atoms with Gasteiger partial charge < -0.3 is 5.32 Å². The number of hydrogen-bond donors (Lipinski definition) is 2. The normalized spacial score (nSPS) is 18.6. The molecule has 1 aliphatic heterocycles. The van der Waals surface area contributed by atoms with Gasteiger partial charge in [0, 0.05) is 17.8 Å². The fraction of sp³-hybridized carbons (Fsp3) is 0.391. The number of aromatic nitrogens is 1. The third kappa shape index (κ3) is 4.86. The van der Waals surface area contributed by atoms with Crippen molar-refractivity contribution >= 4 is 11.5 Å². The molecule has 148 valence electrons. The Balaban J connectivity index is 1.81. The molecule has 1 aromatic carbocycles. The molecule has 5 nitrogen and oxygen atoms in total. The Morgan fingerprint density at radius 2 is 2.00 bits per heavy atom. The summed E-state index contributed by atoms with van der Waals surface area (Å²) in [5.41, 5.74) is 3.16. The van der Waals surface area contributed by atoms with Gasteiger partial charge in [-0.25, -0.2) is 5.06 Å². The van der Waals surface area contributed by atoms with Gasteiger partial charge in [0.2, 0.25) is 0 Å². The smallest absolute Gasteiger partial charge is 0.296 e. The summed E-state index contributed by atoms with van der Waals surface area (Å²) >= 11 is 0. The lowest BCUT2D eigenvalue weighted by Crippen LogP contribution is -2.49. The molecule has 0 fully saturated rings. The highest BCUT2D eigenvalue weighted by Gasteiger charge is 2.29. The topological polar surface area (TPSA) is 65.5 Å². The van der Waals surface area contributed by atoms with Gasteiger partial charge in [0.1, 0.15) is 5.69 Å². The van der Waals surface area contributed by atoms with Gasteiger partial charge in [-0.15, -0.1) is 0 Å². The van der Waals surface area contributed by atoms with Crippen molar-refractivity contribution in [3.63, 3.8) is 0 Å². The summed E-state index contributed by atoms with van der Waals surface area (Å²) in [6.07, 6.45) is 4.75. The van der Waals surface area contributed by atoms with Gasteiger partial charge in [0.15, 0.2) is 0 Å². The van der Waals surface area contributed by atoms with Gasteiger partial charge in [-0.3, -0.25) is 15.0 Å². The monoisotopic (exact) mass is 379 g/mol. The van der Waals surface area contributed by atoms with E-state index in [4.69, 9.17) is 0 Å². The number of amides is 1. The molecule has 28 heavy (non-hydrogen) atoms. The van der Waals surface area contributed by atoms with Crippen molar-refractivity contribution in [2.45, 2.75) is 52.2 Å². The first-order valence-corrected chi connectivity index (χ1v) is 9.76. The number of nitrogens with one attached hydrogen (secondary N) is 1. The fourth-order valence-corrected chi connectivity index (χ4v) is 3.61. The number of hydrogen-bond acceptors (Lipinski definition) is 4. The maximum Gasteiger partial charge on any atom is 0.296 e. The highest BCUT2D eigenvalue weighted by Crippen LogP contribution is 2.31. The Morgan fingerprint density at radius 3 is 2.68 bits per heavy atom. The SMILES string of the molecule is CC(C)C1CC(c2ccnc(C(=O)N(O)Cc3ccccc3)c2)=CC(C)(C)N1. The van der Waals surface area contributed by atoms with Crippen LogP contribution in [-0.2, 0) is 6.54 Å². The summed E-state index contributed by atoms with van der Waals surface area (Å²) in [6, 6.07) is 13.5. The van der Waals surface area contributed by atoms with Gasteiger partial charge >= 0.3 is 0 Å². The fourth-order valence-electron chi connectivity index (χ4n) is 3.61. The molecule has 1 unspecified atom stereocenters. The molecule has 2 aromatic rings. The standard InChI is InChI=1S/C23H29N3O2/c1-16(2)20-13-19(14-23(3,4)25-20)18-10-11-24-21(12-18)22(27)26(28)15-17-8-6-5-7-9-17/h5-12,14,16,20,25,28H,13,15H2,1-4H3. The van der Waals surface area contributed by atoms with Crippen LogP contribution in [0.25, 0.3) is 5.57 Å². The van der Waals surface area contributed by atoms with Crippen molar-refractivity contribution in [1.82, 2.24) is 15.4 Å². The number of carbonyl (C=O) groups excluding carboxylic acids is 1. The molecule has 0 aliphatic carbocycles. The van der Waals surface area contributed by atoms with Crippen LogP contribution in [0.4, 0.5) is 0 Å². The number of rotatable bonds is 5. The van der Waals surface area contributed by atoms with Crippen LogP contribution in [0.2, 0.25) is 0 Å². The summed E-state index contributed by atoms with van der Waals surface area (Å²) in [6.45, 7) is 8.87. The van der Waals surface area contributed by atoms with E-state index in [1.807, 2.05) is 36.4 Å². The molecule has 1 amide bonds. The van der Waals surface area contributed by atoms with Crippen LogP contribution in [0.15, 0.2) is 54.7 Å². The summed E-state index contributed by atoms with van der Waals surface area (Å²) in [5.74, 6) is 0.00428. The lowest BCUT2D eigenvalue weighted by Gasteiger charge is -2.38. The minimum Gasteiger partial charge on any atom is -0.305 e. The minimum absolute atomic E-state index is 0.119. The molecular weight excluding hydrogens is 350 g/mol. The molecule has 0 saturated carbocycles. The molecule has 1 aliphatic rings. The van der Waals surface area contributed by atoms with Crippen molar-refractivity contribution in [1.29, 1.82) is 0 Å².